The Bertz CT molecular complexity index is 1230. The van der Waals surface area contributed by atoms with Crippen LogP contribution < -0.4 is 5.32 Å². The van der Waals surface area contributed by atoms with Gasteiger partial charge in [-0.25, -0.2) is 9.07 Å². The summed E-state index contributed by atoms with van der Waals surface area (Å²) in [5.74, 6) is -1.16. The zero-order valence-corrected chi connectivity index (χ0v) is 15.9. The minimum atomic E-state index is -4.54. The topological polar surface area (TPSA) is 46.9 Å². The molecule has 8 heteroatoms. The lowest BCUT2D eigenvalue weighted by Crippen LogP contribution is -2.12. The fourth-order valence-corrected chi connectivity index (χ4v) is 3.07. The molecule has 1 aromatic heterocycles. The molecule has 0 saturated carbocycles. The number of halogens is 4. The Morgan fingerprint density at radius 1 is 0.903 bits per heavy atom. The highest BCUT2D eigenvalue weighted by Gasteiger charge is 2.31. The van der Waals surface area contributed by atoms with Crippen molar-refractivity contribution in [2.24, 2.45) is 0 Å². The van der Waals surface area contributed by atoms with E-state index in [1.807, 2.05) is 0 Å². The van der Waals surface area contributed by atoms with Gasteiger partial charge in [-0.15, -0.1) is 0 Å². The normalized spacial score (nSPS) is 11.4. The molecule has 31 heavy (non-hydrogen) atoms. The lowest BCUT2D eigenvalue weighted by Gasteiger charge is -2.09. The molecule has 1 amide bonds. The Hall–Kier alpha value is -3.94. The average molecular weight is 425 g/mol. The summed E-state index contributed by atoms with van der Waals surface area (Å²) in [7, 11) is 0. The van der Waals surface area contributed by atoms with E-state index < -0.39 is 23.5 Å². The summed E-state index contributed by atoms with van der Waals surface area (Å²) in [6.07, 6.45) is -3.11. The van der Waals surface area contributed by atoms with Crippen molar-refractivity contribution in [3.05, 3.63) is 102 Å². The second-order valence-electron chi connectivity index (χ2n) is 6.71. The minimum absolute atomic E-state index is 0.0486. The van der Waals surface area contributed by atoms with Gasteiger partial charge in [0.05, 0.1) is 16.8 Å². The number of alkyl halides is 3. The van der Waals surface area contributed by atoms with E-state index >= 15 is 0 Å². The van der Waals surface area contributed by atoms with Crippen molar-refractivity contribution in [3.8, 4) is 16.9 Å². The summed E-state index contributed by atoms with van der Waals surface area (Å²) in [5.41, 5.74) is 0.244. The zero-order valence-electron chi connectivity index (χ0n) is 15.9. The Balaban J connectivity index is 1.80. The van der Waals surface area contributed by atoms with Crippen LogP contribution in [0.5, 0.6) is 0 Å². The standard InChI is InChI=1S/C23H15F4N3O/c24-17-8-5-9-18(13-17)28-22(31)20-14-30(19-10-2-1-3-11-19)29-21(20)15-6-4-7-16(12-15)23(25,26)27/h1-14H,(H,28,31). The maximum Gasteiger partial charge on any atom is 0.416 e. The molecule has 0 bridgehead atoms. The smallest absolute Gasteiger partial charge is 0.322 e. The van der Waals surface area contributed by atoms with E-state index in [2.05, 4.69) is 10.4 Å². The van der Waals surface area contributed by atoms with Crippen LogP contribution >= 0.6 is 0 Å². The van der Waals surface area contributed by atoms with Gasteiger partial charge in [0.1, 0.15) is 11.5 Å². The highest BCUT2D eigenvalue weighted by molar-refractivity contribution is 6.08. The number of hydrogen-bond donors (Lipinski definition) is 1. The van der Waals surface area contributed by atoms with Gasteiger partial charge in [0, 0.05) is 17.4 Å². The Morgan fingerprint density at radius 2 is 1.65 bits per heavy atom. The van der Waals surface area contributed by atoms with Gasteiger partial charge in [0.15, 0.2) is 0 Å². The van der Waals surface area contributed by atoms with Gasteiger partial charge in [-0.1, -0.05) is 36.4 Å². The highest BCUT2D eigenvalue weighted by atomic mass is 19.4. The molecule has 1 N–H and O–H groups in total. The number of rotatable bonds is 4. The fraction of sp³-hybridized carbons (Fsp3) is 0.0435. The van der Waals surface area contributed by atoms with Crippen LogP contribution in [0.3, 0.4) is 0 Å². The summed E-state index contributed by atoms with van der Waals surface area (Å²) in [4.78, 5) is 12.9. The number of benzene rings is 3. The first-order chi connectivity index (χ1) is 14.8. The van der Waals surface area contributed by atoms with Gasteiger partial charge in [0.2, 0.25) is 0 Å². The maximum absolute atomic E-state index is 13.5. The molecule has 0 fully saturated rings. The van der Waals surface area contributed by atoms with Gasteiger partial charge >= 0.3 is 6.18 Å². The molecule has 0 atom stereocenters. The molecule has 0 aliphatic heterocycles. The molecule has 0 aliphatic rings. The van der Waals surface area contributed by atoms with E-state index in [1.54, 1.807) is 30.3 Å². The first kappa shape index (κ1) is 20.3. The highest BCUT2D eigenvalue weighted by Crippen LogP contribution is 2.33. The number of nitrogens with one attached hydrogen (secondary N) is 1. The predicted octanol–water partition coefficient (Wildman–Crippen LogP) is 5.95. The van der Waals surface area contributed by atoms with Gasteiger partial charge in [-0.05, 0) is 42.5 Å². The molecule has 0 spiro atoms. The zero-order chi connectivity index (χ0) is 22.0. The van der Waals surface area contributed by atoms with Crippen LogP contribution in [0.2, 0.25) is 0 Å². The van der Waals surface area contributed by atoms with Gasteiger partial charge in [-0.3, -0.25) is 4.79 Å². The largest absolute Gasteiger partial charge is 0.416 e. The van der Waals surface area contributed by atoms with Crippen LogP contribution in [0.1, 0.15) is 15.9 Å². The third-order valence-corrected chi connectivity index (χ3v) is 4.53. The van der Waals surface area contributed by atoms with Crippen molar-refractivity contribution in [3.63, 3.8) is 0 Å². The summed E-state index contributed by atoms with van der Waals surface area (Å²) >= 11 is 0. The minimum Gasteiger partial charge on any atom is -0.322 e. The quantitative estimate of drug-likeness (QED) is 0.411. The van der Waals surface area contributed by atoms with E-state index in [0.717, 1.165) is 18.2 Å². The van der Waals surface area contributed by atoms with Crippen LogP contribution in [-0.4, -0.2) is 15.7 Å². The molecule has 0 radical (unpaired) electrons. The molecular weight excluding hydrogens is 410 g/mol. The van der Waals surface area contributed by atoms with Crippen molar-refractivity contribution in [1.29, 1.82) is 0 Å². The van der Waals surface area contributed by atoms with E-state index in [4.69, 9.17) is 0 Å². The SMILES string of the molecule is O=C(Nc1cccc(F)c1)c1cn(-c2ccccc2)nc1-c1cccc(C(F)(F)F)c1. The summed E-state index contributed by atoms with van der Waals surface area (Å²) in [5, 5.41) is 6.93. The number of carbonyl (C=O) groups excluding carboxylic acids is 1. The van der Waals surface area contributed by atoms with Crippen LogP contribution in [0.25, 0.3) is 16.9 Å². The summed E-state index contributed by atoms with van der Waals surface area (Å²) in [6, 6.07) is 18.8. The van der Waals surface area contributed by atoms with E-state index in [0.29, 0.717) is 5.69 Å². The molecule has 4 nitrogen and oxygen atoms in total. The first-order valence-corrected chi connectivity index (χ1v) is 9.21. The molecular formula is C23H15F4N3O. The van der Waals surface area contributed by atoms with Crippen molar-refractivity contribution in [2.45, 2.75) is 6.18 Å². The third kappa shape index (κ3) is 4.48. The molecule has 4 rings (SSSR count). The number of para-hydroxylation sites is 1. The van der Waals surface area contributed by atoms with Crippen molar-refractivity contribution in [2.75, 3.05) is 5.32 Å². The number of carbonyl (C=O) groups is 1. The molecule has 0 saturated heterocycles. The van der Waals surface area contributed by atoms with E-state index in [9.17, 15) is 22.4 Å². The van der Waals surface area contributed by atoms with Crippen molar-refractivity contribution < 1.29 is 22.4 Å². The molecule has 4 aromatic rings. The number of anilines is 1. The van der Waals surface area contributed by atoms with Gasteiger partial charge in [-0.2, -0.15) is 18.3 Å². The average Bonchev–Trinajstić information content (AvgIpc) is 3.20. The van der Waals surface area contributed by atoms with Gasteiger partial charge in [0.25, 0.3) is 5.91 Å². The molecule has 156 valence electrons. The molecule has 1 heterocycles. The second kappa shape index (κ2) is 8.06. The first-order valence-electron chi connectivity index (χ1n) is 9.21. The van der Waals surface area contributed by atoms with E-state index in [-0.39, 0.29) is 22.5 Å². The number of hydrogen-bond acceptors (Lipinski definition) is 2. The lowest BCUT2D eigenvalue weighted by molar-refractivity contribution is -0.137. The van der Waals surface area contributed by atoms with Crippen LogP contribution in [0.4, 0.5) is 23.2 Å². The monoisotopic (exact) mass is 425 g/mol. The summed E-state index contributed by atoms with van der Waals surface area (Å²) in [6.45, 7) is 0. The van der Waals surface area contributed by atoms with Crippen molar-refractivity contribution in [1.82, 2.24) is 9.78 Å². The van der Waals surface area contributed by atoms with Gasteiger partial charge < -0.3 is 5.32 Å². The van der Waals surface area contributed by atoms with Crippen LogP contribution in [0, 0.1) is 5.82 Å². The Labute approximate surface area is 174 Å². The lowest BCUT2D eigenvalue weighted by atomic mass is 10.0. The molecule has 0 aliphatic carbocycles. The third-order valence-electron chi connectivity index (χ3n) is 4.53. The fourth-order valence-electron chi connectivity index (χ4n) is 3.07. The molecule has 3 aromatic carbocycles. The predicted molar refractivity (Wildman–Crippen MR) is 108 cm³/mol. The molecule has 0 unspecified atom stereocenters. The second-order valence-corrected chi connectivity index (χ2v) is 6.71. The van der Waals surface area contributed by atoms with Crippen LogP contribution in [0.15, 0.2) is 85.1 Å². The Morgan fingerprint density at radius 3 is 2.35 bits per heavy atom. The number of aromatic nitrogens is 2. The summed E-state index contributed by atoms with van der Waals surface area (Å²) < 4.78 is 54.5. The maximum atomic E-state index is 13.5. The van der Waals surface area contributed by atoms with Crippen molar-refractivity contribution >= 4 is 11.6 Å². The number of nitrogens with zero attached hydrogens (tertiary/aromatic N) is 2. The number of amides is 1. The van der Waals surface area contributed by atoms with E-state index in [1.165, 1.54) is 41.2 Å². The van der Waals surface area contributed by atoms with Crippen LogP contribution in [-0.2, 0) is 6.18 Å². The Kier molecular flexibility index (Phi) is 5.29.